The zero-order valence-corrected chi connectivity index (χ0v) is 14.4. The summed E-state index contributed by atoms with van der Waals surface area (Å²) in [7, 11) is 0. The Bertz CT molecular complexity index is 635. The lowest BCUT2D eigenvalue weighted by atomic mass is 9.97. The quantitative estimate of drug-likeness (QED) is 0.743. The molecule has 1 aromatic carbocycles. The van der Waals surface area contributed by atoms with Crippen molar-refractivity contribution in [3.05, 3.63) is 54.7 Å². The minimum Gasteiger partial charge on any atom is -0.387 e. The molecule has 0 saturated carbocycles. The summed E-state index contributed by atoms with van der Waals surface area (Å²) < 4.78 is 0. The molecule has 0 bridgehead atoms. The Morgan fingerprint density at radius 2 is 2.00 bits per heavy atom. The van der Waals surface area contributed by atoms with Crippen LogP contribution in [0.3, 0.4) is 0 Å². The number of nitrogens with zero attached hydrogens (tertiary/aromatic N) is 2. The average Bonchev–Trinajstić information content (AvgIpc) is 2.61. The third-order valence-corrected chi connectivity index (χ3v) is 4.77. The first-order chi connectivity index (χ1) is 11.1. The monoisotopic (exact) mass is 312 g/mol. The van der Waals surface area contributed by atoms with Gasteiger partial charge in [0.15, 0.2) is 0 Å². The number of pyridine rings is 1. The maximum Gasteiger partial charge on any atom is 0.0949 e. The van der Waals surface area contributed by atoms with E-state index < -0.39 is 6.10 Å². The Hall–Kier alpha value is -1.71. The van der Waals surface area contributed by atoms with Gasteiger partial charge in [-0.25, -0.2) is 0 Å². The van der Waals surface area contributed by atoms with Crippen LogP contribution in [0.1, 0.15) is 38.9 Å². The van der Waals surface area contributed by atoms with Crippen LogP contribution in [-0.4, -0.2) is 34.1 Å². The van der Waals surface area contributed by atoms with Gasteiger partial charge in [-0.1, -0.05) is 38.1 Å². The maximum absolute atomic E-state index is 11.0. The van der Waals surface area contributed by atoms with Gasteiger partial charge in [0.25, 0.3) is 0 Å². The van der Waals surface area contributed by atoms with Gasteiger partial charge in [0.1, 0.15) is 0 Å². The minimum atomic E-state index is -0.537. The van der Waals surface area contributed by atoms with Gasteiger partial charge in [0.05, 0.1) is 11.6 Å². The van der Waals surface area contributed by atoms with Crippen molar-refractivity contribution >= 4 is 10.9 Å². The SMILES string of the molecule is C=C[C@H](CC)CN(CC)[C@@H](C)[C@H](O)c1ccnc2ccccc12. The summed E-state index contributed by atoms with van der Waals surface area (Å²) in [5, 5.41) is 12.0. The van der Waals surface area contributed by atoms with Gasteiger partial charge in [-0.15, -0.1) is 6.58 Å². The summed E-state index contributed by atoms with van der Waals surface area (Å²) in [5.74, 6) is 0.457. The number of aromatic nitrogens is 1. The summed E-state index contributed by atoms with van der Waals surface area (Å²) in [5.41, 5.74) is 1.88. The van der Waals surface area contributed by atoms with E-state index in [4.69, 9.17) is 0 Å². The third kappa shape index (κ3) is 3.98. The predicted molar refractivity (Wildman–Crippen MR) is 97.4 cm³/mol. The first-order valence-electron chi connectivity index (χ1n) is 8.50. The molecule has 0 spiro atoms. The van der Waals surface area contributed by atoms with Crippen molar-refractivity contribution in [2.75, 3.05) is 13.1 Å². The Kier molecular flexibility index (Phi) is 6.31. The Balaban J connectivity index is 2.26. The Morgan fingerprint density at radius 1 is 1.26 bits per heavy atom. The van der Waals surface area contributed by atoms with Crippen molar-refractivity contribution in [3.8, 4) is 0 Å². The molecule has 0 aliphatic carbocycles. The van der Waals surface area contributed by atoms with Crippen LogP contribution in [0.25, 0.3) is 10.9 Å². The van der Waals surface area contributed by atoms with E-state index in [1.165, 1.54) is 0 Å². The standard InChI is InChI=1S/C20H28N2O/c1-5-16(6-2)14-22(7-3)15(4)20(23)18-12-13-21-19-11-9-8-10-17(18)19/h5,8-13,15-16,20,23H,1,6-7,14H2,2-4H3/t15-,16+,20-/m0/s1. The summed E-state index contributed by atoms with van der Waals surface area (Å²) in [6.07, 6.45) is 4.33. The lowest BCUT2D eigenvalue weighted by Gasteiger charge is -2.33. The molecule has 1 N–H and O–H groups in total. The second-order valence-electron chi connectivity index (χ2n) is 6.09. The normalized spacial score (nSPS) is 15.5. The molecule has 2 aromatic rings. The van der Waals surface area contributed by atoms with Crippen LogP contribution < -0.4 is 0 Å². The van der Waals surface area contributed by atoms with Gasteiger partial charge in [0, 0.05) is 24.2 Å². The number of rotatable bonds is 8. The lowest BCUT2D eigenvalue weighted by Crippen LogP contribution is -2.40. The summed E-state index contributed by atoms with van der Waals surface area (Å²) >= 11 is 0. The van der Waals surface area contributed by atoms with Crippen LogP contribution in [0, 0.1) is 5.92 Å². The molecule has 2 rings (SSSR count). The molecule has 23 heavy (non-hydrogen) atoms. The van der Waals surface area contributed by atoms with E-state index in [1.807, 2.05) is 36.4 Å². The topological polar surface area (TPSA) is 36.4 Å². The number of likely N-dealkylation sites (N-methyl/N-ethyl adjacent to an activating group) is 1. The molecule has 3 nitrogen and oxygen atoms in total. The van der Waals surface area contributed by atoms with Crippen molar-refractivity contribution in [1.82, 2.24) is 9.88 Å². The fourth-order valence-corrected chi connectivity index (χ4v) is 3.09. The summed E-state index contributed by atoms with van der Waals surface area (Å²) in [6, 6.07) is 9.96. The zero-order valence-electron chi connectivity index (χ0n) is 14.4. The molecular formula is C20H28N2O. The number of fused-ring (bicyclic) bond motifs is 1. The van der Waals surface area contributed by atoms with Gasteiger partial charge in [-0.05, 0) is 43.5 Å². The van der Waals surface area contributed by atoms with E-state index in [0.29, 0.717) is 5.92 Å². The largest absolute Gasteiger partial charge is 0.387 e. The van der Waals surface area contributed by atoms with Crippen LogP contribution in [-0.2, 0) is 0 Å². The van der Waals surface area contributed by atoms with Gasteiger partial charge in [-0.2, -0.15) is 0 Å². The molecule has 1 heterocycles. The van der Waals surface area contributed by atoms with E-state index in [-0.39, 0.29) is 6.04 Å². The highest BCUT2D eigenvalue weighted by molar-refractivity contribution is 5.82. The first kappa shape index (κ1) is 17.6. The van der Waals surface area contributed by atoms with Crippen LogP contribution in [0.4, 0.5) is 0 Å². The molecule has 124 valence electrons. The first-order valence-corrected chi connectivity index (χ1v) is 8.50. The smallest absolute Gasteiger partial charge is 0.0949 e. The number of aliphatic hydroxyl groups is 1. The third-order valence-electron chi connectivity index (χ3n) is 4.77. The van der Waals surface area contributed by atoms with E-state index in [2.05, 4.69) is 37.2 Å². The average molecular weight is 312 g/mol. The molecule has 3 heteroatoms. The van der Waals surface area contributed by atoms with Crippen LogP contribution in [0.5, 0.6) is 0 Å². The van der Waals surface area contributed by atoms with Gasteiger partial charge in [-0.3, -0.25) is 9.88 Å². The van der Waals surface area contributed by atoms with Crippen molar-refractivity contribution < 1.29 is 5.11 Å². The molecule has 0 fully saturated rings. The molecule has 0 aliphatic rings. The van der Waals surface area contributed by atoms with Crippen LogP contribution in [0.15, 0.2) is 49.2 Å². The van der Waals surface area contributed by atoms with Crippen LogP contribution >= 0.6 is 0 Å². The molecule has 0 unspecified atom stereocenters. The lowest BCUT2D eigenvalue weighted by molar-refractivity contribution is 0.0557. The van der Waals surface area contributed by atoms with Crippen molar-refractivity contribution in [3.63, 3.8) is 0 Å². The summed E-state index contributed by atoms with van der Waals surface area (Å²) in [4.78, 5) is 6.71. The van der Waals surface area contributed by atoms with Gasteiger partial charge < -0.3 is 5.11 Å². The maximum atomic E-state index is 11.0. The van der Waals surface area contributed by atoms with Crippen molar-refractivity contribution in [2.24, 2.45) is 5.92 Å². The number of para-hydroxylation sites is 1. The van der Waals surface area contributed by atoms with Gasteiger partial charge in [0.2, 0.25) is 0 Å². The molecule has 1 aromatic heterocycles. The molecule has 0 saturated heterocycles. The second kappa shape index (κ2) is 8.23. The molecule has 3 atom stereocenters. The Morgan fingerprint density at radius 3 is 2.65 bits per heavy atom. The van der Waals surface area contributed by atoms with E-state index in [9.17, 15) is 5.11 Å². The highest BCUT2D eigenvalue weighted by Gasteiger charge is 2.24. The fourth-order valence-electron chi connectivity index (χ4n) is 3.09. The number of hydrogen-bond donors (Lipinski definition) is 1. The minimum absolute atomic E-state index is 0.0415. The van der Waals surface area contributed by atoms with Crippen molar-refractivity contribution in [2.45, 2.75) is 39.3 Å². The molecule has 0 radical (unpaired) electrons. The van der Waals surface area contributed by atoms with Crippen LogP contribution in [0.2, 0.25) is 0 Å². The van der Waals surface area contributed by atoms with E-state index >= 15 is 0 Å². The summed E-state index contributed by atoms with van der Waals surface area (Å²) in [6.45, 7) is 12.2. The predicted octanol–water partition coefficient (Wildman–Crippen LogP) is 4.19. The Labute approximate surface area is 139 Å². The molecular weight excluding hydrogens is 284 g/mol. The fraction of sp³-hybridized carbons (Fsp3) is 0.450. The van der Waals surface area contributed by atoms with E-state index in [1.54, 1.807) is 6.20 Å². The molecule has 0 aliphatic heterocycles. The number of aliphatic hydroxyl groups excluding tert-OH is 1. The zero-order chi connectivity index (χ0) is 16.8. The van der Waals surface area contributed by atoms with Gasteiger partial charge >= 0.3 is 0 Å². The van der Waals surface area contributed by atoms with Crippen molar-refractivity contribution in [1.29, 1.82) is 0 Å². The number of hydrogen-bond acceptors (Lipinski definition) is 3. The second-order valence-corrected chi connectivity index (χ2v) is 6.09. The number of benzene rings is 1. The van der Waals surface area contributed by atoms with E-state index in [0.717, 1.165) is 36.0 Å². The highest BCUT2D eigenvalue weighted by atomic mass is 16.3. The molecule has 0 amide bonds. The highest BCUT2D eigenvalue weighted by Crippen LogP contribution is 2.27.